The van der Waals surface area contributed by atoms with Crippen molar-refractivity contribution in [2.24, 2.45) is 0 Å². The zero-order valence-electron chi connectivity index (χ0n) is 14.0. The highest BCUT2D eigenvalue weighted by Gasteiger charge is 2.16. The zero-order valence-corrected chi connectivity index (χ0v) is 14.9. The maximum Gasteiger partial charge on any atom is 0.260 e. The van der Waals surface area contributed by atoms with Crippen LogP contribution in [0.1, 0.15) is 23.2 Å². The summed E-state index contributed by atoms with van der Waals surface area (Å²) in [5.41, 5.74) is 0.596. The number of thiocarbonyl (C=S) groups is 1. The quantitative estimate of drug-likeness (QED) is 0.785. The van der Waals surface area contributed by atoms with Crippen molar-refractivity contribution in [2.75, 3.05) is 18.5 Å². The Balaban J connectivity index is 1.54. The van der Waals surface area contributed by atoms with E-state index in [-0.39, 0.29) is 16.8 Å². The lowest BCUT2D eigenvalue weighted by molar-refractivity contribution is 0.0680. The molecule has 0 aromatic heterocycles. The van der Waals surface area contributed by atoms with Gasteiger partial charge in [-0.3, -0.25) is 10.1 Å². The second-order valence-electron chi connectivity index (χ2n) is 5.86. The summed E-state index contributed by atoms with van der Waals surface area (Å²) < 4.78 is 24.9. The Labute approximate surface area is 156 Å². The number of rotatable bonds is 5. The van der Waals surface area contributed by atoms with E-state index >= 15 is 0 Å². The molecule has 5 nitrogen and oxygen atoms in total. The fraction of sp³-hybridized carbons (Fsp3) is 0.263. The molecule has 0 radical (unpaired) electrons. The molecule has 1 amide bonds. The molecule has 7 heteroatoms. The number of anilines is 1. The number of hydrogen-bond donors (Lipinski definition) is 2. The van der Waals surface area contributed by atoms with Crippen LogP contribution in [0, 0.1) is 5.82 Å². The lowest BCUT2D eigenvalue weighted by Crippen LogP contribution is -2.34. The number of ether oxygens (including phenoxy) is 2. The Hall–Kier alpha value is -2.51. The molecule has 1 atom stereocenters. The van der Waals surface area contributed by atoms with Gasteiger partial charge in [0.05, 0.1) is 11.7 Å². The summed E-state index contributed by atoms with van der Waals surface area (Å²) in [4.78, 5) is 12.1. The molecule has 0 bridgehead atoms. The topological polar surface area (TPSA) is 59.6 Å². The molecule has 1 heterocycles. The Morgan fingerprint density at radius 3 is 2.88 bits per heavy atom. The highest BCUT2D eigenvalue weighted by molar-refractivity contribution is 7.80. The third kappa shape index (κ3) is 5.00. The lowest BCUT2D eigenvalue weighted by Gasteiger charge is -2.13. The van der Waals surface area contributed by atoms with Crippen LogP contribution < -0.4 is 15.4 Å². The van der Waals surface area contributed by atoms with Gasteiger partial charge in [-0.2, -0.15) is 0 Å². The van der Waals surface area contributed by atoms with Gasteiger partial charge in [0.25, 0.3) is 5.91 Å². The predicted octanol–water partition coefficient (Wildman–Crippen LogP) is 3.51. The minimum absolute atomic E-state index is 0.0645. The average Bonchev–Trinajstić information content (AvgIpc) is 3.14. The van der Waals surface area contributed by atoms with E-state index in [1.807, 2.05) is 12.1 Å². The Kier molecular flexibility index (Phi) is 6.14. The SMILES string of the molecule is O=C(NC(=S)Nc1cccc(OCC2CCCO2)c1)c1ccccc1F. The molecule has 1 unspecified atom stereocenters. The summed E-state index contributed by atoms with van der Waals surface area (Å²) in [6.45, 7) is 1.28. The summed E-state index contributed by atoms with van der Waals surface area (Å²) >= 11 is 5.12. The number of nitrogens with one attached hydrogen (secondary N) is 2. The van der Waals surface area contributed by atoms with Gasteiger partial charge in [0.2, 0.25) is 0 Å². The molecular formula is C19H19FN2O3S. The number of carbonyl (C=O) groups excluding carboxylic acids is 1. The summed E-state index contributed by atoms with van der Waals surface area (Å²) in [7, 11) is 0. The normalized spacial score (nSPS) is 16.1. The van der Waals surface area contributed by atoms with Gasteiger partial charge in [-0.05, 0) is 49.3 Å². The van der Waals surface area contributed by atoms with Crippen molar-refractivity contribution < 1.29 is 18.7 Å². The second-order valence-corrected chi connectivity index (χ2v) is 6.27. The first-order valence-corrected chi connectivity index (χ1v) is 8.74. The van der Waals surface area contributed by atoms with E-state index in [1.54, 1.807) is 18.2 Å². The summed E-state index contributed by atoms with van der Waals surface area (Å²) in [6, 6.07) is 12.9. The largest absolute Gasteiger partial charge is 0.491 e. The number of carbonyl (C=O) groups is 1. The van der Waals surface area contributed by atoms with Crippen LogP contribution in [0.4, 0.5) is 10.1 Å². The first-order chi connectivity index (χ1) is 12.6. The van der Waals surface area contributed by atoms with E-state index in [1.165, 1.54) is 18.2 Å². The Morgan fingerprint density at radius 1 is 1.27 bits per heavy atom. The molecule has 26 heavy (non-hydrogen) atoms. The van der Waals surface area contributed by atoms with Crippen molar-refractivity contribution in [3.63, 3.8) is 0 Å². The highest BCUT2D eigenvalue weighted by atomic mass is 32.1. The first kappa shape index (κ1) is 18.3. The number of amides is 1. The van der Waals surface area contributed by atoms with Gasteiger partial charge in [0.1, 0.15) is 18.2 Å². The van der Waals surface area contributed by atoms with E-state index < -0.39 is 11.7 Å². The van der Waals surface area contributed by atoms with Gasteiger partial charge in [0.15, 0.2) is 5.11 Å². The molecule has 2 aromatic rings. The van der Waals surface area contributed by atoms with Crippen LogP contribution >= 0.6 is 12.2 Å². The molecule has 136 valence electrons. The molecular weight excluding hydrogens is 355 g/mol. The van der Waals surface area contributed by atoms with E-state index in [2.05, 4.69) is 10.6 Å². The van der Waals surface area contributed by atoms with Crippen molar-refractivity contribution in [1.29, 1.82) is 0 Å². The summed E-state index contributed by atoms with van der Waals surface area (Å²) in [6.07, 6.45) is 2.20. The van der Waals surface area contributed by atoms with Crippen molar-refractivity contribution in [3.05, 3.63) is 59.9 Å². The molecule has 0 aliphatic carbocycles. The van der Waals surface area contributed by atoms with Crippen LogP contribution in [0.5, 0.6) is 5.75 Å². The Bertz CT molecular complexity index is 794. The van der Waals surface area contributed by atoms with Gasteiger partial charge in [-0.25, -0.2) is 4.39 Å². The van der Waals surface area contributed by atoms with Gasteiger partial charge in [-0.1, -0.05) is 18.2 Å². The maximum absolute atomic E-state index is 13.6. The molecule has 2 aromatic carbocycles. The van der Waals surface area contributed by atoms with Gasteiger partial charge in [-0.15, -0.1) is 0 Å². The van der Waals surface area contributed by atoms with Crippen LogP contribution in [-0.2, 0) is 4.74 Å². The molecule has 1 fully saturated rings. The molecule has 1 aliphatic rings. The molecule has 3 rings (SSSR count). The monoisotopic (exact) mass is 374 g/mol. The van der Waals surface area contributed by atoms with E-state index in [0.29, 0.717) is 18.0 Å². The lowest BCUT2D eigenvalue weighted by atomic mass is 10.2. The van der Waals surface area contributed by atoms with E-state index in [4.69, 9.17) is 21.7 Å². The van der Waals surface area contributed by atoms with Crippen molar-refractivity contribution >= 4 is 28.9 Å². The van der Waals surface area contributed by atoms with Crippen LogP contribution in [0.15, 0.2) is 48.5 Å². The molecule has 2 N–H and O–H groups in total. The third-order valence-corrected chi connectivity index (χ3v) is 4.10. The number of halogens is 1. The third-order valence-electron chi connectivity index (χ3n) is 3.90. The summed E-state index contributed by atoms with van der Waals surface area (Å²) in [5, 5.41) is 5.44. The van der Waals surface area contributed by atoms with Gasteiger partial charge in [0, 0.05) is 18.4 Å². The van der Waals surface area contributed by atoms with E-state index in [9.17, 15) is 9.18 Å². The van der Waals surface area contributed by atoms with Crippen LogP contribution in [0.3, 0.4) is 0 Å². The fourth-order valence-electron chi connectivity index (χ4n) is 2.61. The van der Waals surface area contributed by atoms with Crippen molar-refractivity contribution in [3.8, 4) is 5.75 Å². The second kappa shape index (κ2) is 8.73. The summed E-state index contributed by atoms with van der Waals surface area (Å²) in [5.74, 6) is -0.530. The minimum Gasteiger partial charge on any atom is -0.491 e. The molecule has 1 saturated heterocycles. The standard InChI is InChI=1S/C19H19FN2O3S/c20-17-9-2-1-8-16(17)18(23)22-19(26)21-13-5-3-6-14(11-13)25-12-15-7-4-10-24-15/h1-3,5-6,8-9,11,15H,4,7,10,12H2,(H2,21,22,23,26). The van der Waals surface area contributed by atoms with Crippen molar-refractivity contribution in [2.45, 2.75) is 18.9 Å². The zero-order chi connectivity index (χ0) is 18.4. The smallest absolute Gasteiger partial charge is 0.260 e. The Morgan fingerprint density at radius 2 is 2.12 bits per heavy atom. The fourth-order valence-corrected chi connectivity index (χ4v) is 2.82. The van der Waals surface area contributed by atoms with E-state index in [0.717, 1.165) is 19.4 Å². The molecule has 1 aliphatic heterocycles. The molecule has 0 spiro atoms. The number of benzene rings is 2. The van der Waals surface area contributed by atoms with Gasteiger partial charge < -0.3 is 14.8 Å². The predicted molar refractivity (Wildman–Crippen MR) is 101 cm³/mol. The average molecular weight is 374 g/mol. The maximum atomic E-state index is 13.6. The van der Waals surface area contributed by atoms with Crippen LogP contribution in [0.25, 0.3) is 0 Å². The molecule has 0 saturated carbocycles. The van der Waals surface area contributed by atoms with Crippen LogP contribution in [-0.4, -0.2) is 30.3 Å². The van der Waals surface area contributed by atoms with Gasteiger partial charge >= 0.3 is 0 Å². The van der Waals surface area contributed by atoms with Crippen LogP contribution in [0.2, 0.25) is 0 Å². The number of hydrogen-bond acceptors (Lipinski definition) is 4. The minimum atomic E-state index is -0.605. The van der Waals surface area contributed by atoms with Crippen molar-refractivity contribution in [1.82, 2.24) is 5.32 Å². The highest BCUT2D eigenvalue weighted by Crippen LogP contribution is 2.19. The first-order valence-electron chi connectivity index (χ1n) is 8.33.